The van der Waals surface area contributed by atoms with Gasteiger partial charge in [-0.05, 0) is 25.0 Å². The van der Waals surface area contributed by atoms with Gasteiger partial charge in [-0.2, -0.15) is 8.78 Å². The molecule has 1 aromatic carbocycles. The second-order valence-corrected chi connectivity index (χ2v) is 3.11. The van der Waals surface area contributed by atoms with Gasteiger partial charge in [0.2, 0.25) is 0 Å². The van der Waals surface area contributed by atoms with Crippen LogP contribution in [0.5, 0.6) is 5.75 Å². The van der Waals surface area contributed by atoms with Crippen molar-refractivity contribution in [1.82, 2.24) is 0 Å². The highest BCUT2D eigenvalue weighted by Crippen LogP contribution is 2.23. The third kappa shape index (κ3) is 3.01. The fourth-order valence-electron chi connectivity index (χ4n) is 1.27. The molecule has 0 aliphatic heterocycles. The van der Waals surface area contributed by atoms with Gasteiger partial charge >= 0.3 is 6.61 Å². The number of carbonyl (C=O) groups is 1. The Morgan fingerprint density at radius 1 is 1.47 bits per heavy atom. The second kappa shape index (κ2) is 4.87. The van der Waals surface area contributed by atoms with E-state index in [1.165, 1.54) is 13.0 Å². The predicted molar refractivity (Wildman–Crippen MR) is 52.5 cm³/mol. The molecule has 2 nitrogen and oxygen atoms in total. The minimum absolute atomic E-state index is 0.0835. The first-order valence-corrected chi connectivity index (χ1v) is 4.63. The number of Topliss-reactive ketones (excluding diaryl/α,β-unsaturated/α-hetero) is 1. The molecule has 0 aliphatic rings. The Labute approximate surface area is 86.9 Å². The van der Waals surface area contributed by atoms with Gasteiger partial charge < -0.3 is 4.74 Å². The normalized spacial score (nSPS) is 10.5. The average Bonchev–Trinajstić information content (AvgIpc) is 2.16. The average molecular weight is 214 g/mol. The molecule has 0 N–H and O–H groups in total. The first kappa shape index (κ1) is 11.6. The summed E-state index contributed by atoms with van der Waals surface area (Å²) in [6.45, 7) is 0.353. The molecule has 0 amide bonds. The van der Waals surface area contributed by atoms with Crippen LogP contribution in [0.25, 0.3) is 0 Å². The summed E-state index contributed by atoms with van der Waals surface area (Å²) in [5.74, 6) is -0.0861. The van der Waals surface area contributed by atoms with Crippen molar-refractivity contribution in [3.63, 3.8) is 0 Å². The van der Waals surface area contributed by atoms with Gasteiger partial charge in [-0.15, -0.1) is 0 Å². The molecule has 1 aromatic rings. The van der Waals surface area contributed by atoms with Gasteiger partial charge in [0, 0.05) is 5.56 Å². The molecule has 0 spiro atoms. The third-order valence-electron chi connectivity index (χ3n) is 2.07. The first-order valence-electron chi connectivity index (χ1n) is 4.63. The van der Waals surface area contributed by atoms with Crippen LogP contribution in [0.4, 0.5) is 8.78 Å². The molecule has 0 unspecified atom stereocenters. The summed E-state index contributed by atoms with van der Waals surface area (Å²) in [4.78, 5) is 11.0. The van der Waals surface area contributed by atoms with E-state index in [9.17, 15) is 13.6 Å². The summed E-state index contributed by atoms with van der Waals surface area (Å²) in [5.41, 5.74) is 1.04. The Hall–Kier alpha value is -1.45. The number of ketones is 1. The molecule has 0 aromatic heterocycles. The Bertz CT molecular complexity index is 362. The number of hydrogen-bond donors (Lipinski definition) is 0. The van der Waals surface area contributed by atoms with Crippen LogP contribution in [-0.2, 0) is 6.42 Å². The van der Waals surface area contributed by atoms with E-state index in [-0.39, 0.29) is 11.5 Å². The Morgan fingerprint density at radius 3 is 2.60 bits per heavy atom. The lowest BCUT2D eigenvalue weighted by atomic mass is 10.1. The lowest BCUT2D eigenvalue weighted by Gasteiger charge is -2.10. The SMILES string of the molecule is CCc1ccc(C(C)=O)cc1OC(F)F. The molecule has 0 atom stereocenters. The quantitative estimate of drug-likeness (QED) is 0.720. The van der Waals surface area contributed by atoms with Gasteiger partial charge in [0.1, 0.15) is 5.75 Å². The molecule has 0 saturated heterocycles. The second-order valence-electron chi connectivity index (χ2n) is 3.11. The van der Waals surface area contributed by atoms with E-state index in [1.54, 1.807) is 12.1 Å². The number of hydrogen-bond acceptors (Lipinski definition) is 2. The summed E-state index contributed by atoms with van der Waals surface area (Å²) < 4.78 is 28.5. The molecule has 15 heavy (non-hydrogen) atoms. The predicted octanol–water partition coefficient (Wildman–Crippen LogP) is 3.05. The van der Waals surface area contributed by atoms with Crippen molar-refractivity contribution in [2.75, 3.05) is 0 Å². The summed E-state index contributed by atoms with van der Waals surface area (Å²) >= 11 is 0. The van der Waals surface area contributed by atoms with Crippen LogP contribution < -0.4 is 4.74 Å². The summed E-state index contributed by atoms with van der Waals surface area (Å²) in [7, 11) is 0. The van der Waals surface area contributed by atoms with Crippen molar-refractivity contribution in [3.8, 4) is 5.75 Å². The van der Waals surface area contributed by atoms with Crippen LogP contribution in [-0.4, -0.2) is 12.4 Å². The molecule has 0 saturated carbocycles. The number of aryl methyl sites for hydroxylation is 1. The highest BCUT2D eigenvalue weighted by molar-refractivity contribution is 5.94. The van der Waals surface area contributed by atoms with E-state index in [0.717, 1.165) is 0 Å². The largest absolute Gasteiger partial charge is 0.435 e. The highest BCUT2D eigenvalue weighted by atomic mass is 19.3. The monoisotopic (exact) mass is 214 g/mol. The van der Waals surface area contributed by atoms with E-state index in [1.807, 2.05) is 6.92 Å². The lowest BCUT2D eigenvalue weighted by Crippen LogP contribution is -2.05. The highest BCUT2D eigenvalue weighted by Gasteiger charge is 2.10. The zero-order valence-electron chi connectivity index (χ0n) is 8.59. The van der Waals surface area contributed by atoms with Crippen molar-refractivity contribution in [2.45, 2.75) is 26.9 Å². The van der Waals surface area contributed by atoms with E-state index in [2.05, 4.69) is 4.74 Å². The number of alkyl halides is 2. The van der Waals surface area contributed by atoms with Crippen molar-refractivity contribution < 1.29 is 18.3 Å². The van der Waals surface area contributed by atoms with E-state index in [4.69, 9.17) is 0 Å². The Kier molecular flexibility index (Phi) is 3.77. The summed E-state index contributed by atoms with van der Waals surface area (Å²) in [6, 6.07) is 4.60. The maximum absolute atomic E-state index is 12.1. The summed E-state index contributed by atoms with van der Waals surface area (Å²) in [5, 5.41) is 0. The molecule has 0 radical (unpaired) electrons. The fraction of sp³-hybridized carbons (Fsp3) is 0.364. The molecule has 4 heteroatoms. The Balaban J connectivity index is 3.07. The topological polar surface area (TPSA) is 26.3 Å². The van der Waals surface area contributed by atoms with Gasteiger partial charge in [-0.3, -0.25) is 4.79 Å². The van der Waals surface area contributed by atoms with E-state index < -0.39 is 6.61 Å². The number of ether oxygens (including phenoxy) is 1. The number of halogens is 2. The van der Waals surface area contributed by atoms with E-state index in [0.29, 0.717) is 17.5 Å². The van der Waals surface area contributed by atoms with Crippen LogP contribution in [0.15, 0.2) is 18.2 Å². The fourth-order valence-corrected chi connectivity index (χ4v) is 1.27. The maximum Gasteiger partial charge on any atom is 0.387 e. The minimum atomic E-state index is -2.86. The zero-order chi connectivity index (χ0) is 11.4. The molecular weight excluding hydrogens is 202 g/mol. The number of carbonyl (C=O) groups excluding carboxylic acids is 1. The molecule has 1 rings (SSSR count). The summed E-state index contributed by atoms with van der Waals surface area (Å²) in [6.07, 6.45) is 0.584. The van der Waals surface area contributed by atoms with Crippen LogP contribution >= 0.6 is 0 Å². The zero-order valence-corrected chi connectivity index (χ0v) is 8.59. The van der Waals surface area contributed by atoms with Gasteiger partial charge in [0.25, 0.3) is 0 Å². The molecule has 0 heterocycles. The van der Waals surface area contributed by atoms with Crippen LogP contribution in [0.2, 0.25) is 0 Å². The van der Waals surface area contributed by atoms with E-state index >= 15 is 0 Å². The molecule has 0 aliphatic carbocycles. The smallest absolute Gasteiger partial charge is 0.387 e. The van der Waals surface area contributed by atoms with Crippen molar-refractivity contribution >= 4 is 5.78 Å². The standard InChI is InChI=1S/C11H12F2O2/c1-3-8-4-5-9(7(2)14)6-10(8)15-11(12)13/h4-6,11H,3H2,1-2H3. The van der Waals surface area contributed by atoms with Gasteiger partial charge in [0.15, 0.2) is 5.78 Å². The lowest BCUT2D eigenvalue weighted by molar-refractivity contribution is -0.0504. The number of benzene rings is 1. The van der Waals surface area contributed by atoms with Crippen molar-refractivity contribution in [1.29, 1.82) is 0 Å². The minimum Gasteiger partial charge on any atom is -0.435 e. The molecule has 82 valence electrons. The van der Waals surface area contributed by atoms with Crippen molar-refractivity contribution in [2.24, 2.45) is 0 Å². The van der Waals surface area contributed by atoms with Crippen LogP contribution in [0, 0.1) is 0 Å². The maximum atomic E-state index is 12.1. The van der Waals surface area contributed by atoms with Crippen LogP contribution in [0.3, 0.4) is 0 Å². The van der Waals surface area contributed by atoms with Crippen molar-refractivity contribution in [3.05, 3.63) is 29.3 Å². The molecule has 0 fully saturated rings. The molecular formula is C11H12F2O2. The van der Waals surface area contributed by atoms with Gasteiger partial charge in [-0.25, -0.2) is 0 Å². The Morgan fingerprint density at radius 2 is 2.13 bits per heavy atom. The molecule has 0 bridgehead atoms. The van der Waals surface area contributed by atoms with Gasteiger partial charge in [0.05, 0.1) is 0 Å². The van der Waals surface area contributed by atoms with Gasteiger partial charge in [-0.1, -0.05) is 19.1 Å². The van der Waals surface area contributed by atoms with Crippen LogP contribution in [0.1, 0.15) is 29.8 Å². The first-order chi connectivity index (χ1) is 7.04. The number of rotatable bonds is 4. The third-order valence-corrected chi connectivity index (χ3v) is 2.07.